The van der Waals surface area contributed by atoms with Gasteiger partial charge >= 0.3 is 0 Å². The van der Waals surface area contributed by atoms with E-state index in [1.807, 2.05) is 24.3 Å². The molecule has 0 bridgehead atoms. The van der Waals surface area contributed by atoms with E-state index in [4.69, 9.17) is 5.73 Å². The molecule has 1 aliphatic heterocycles. The van der Waals surface area contributed by atoms with E-state index in [1.54, 1.807) is 0 Å². The first-order valence-electron chi connectivity index (χ1n) is 8.02. The van der Waals surface area contributed by atoms with Crippen LogP contribution in [-0.2, 0) is 6.54 Å². The van der Waals surface area contributed by atoms with Crippen LogP contribution in [0.1, 0.15) is 48.5 Å². The first-order chi connectivity index (χ1) is 10.2. The SMILES string of the molecule is CC1CCCCN1CCCNC(=O)c1cccc(CN)c1. The van der Waals surface area contributed by atoms with Crippen LogP contribution in [0.25, 0.3) is 0 Å². The van der Waals surface area contributed by atoms with Gasteiger partial charge < -0.3 is 16.0 Å². The number of rotatable bonds is 6. The molecule has 0 aliphatic carbocycles. The predicted octanol–water partition coefficient (Wildman–Crippen LogP) is 2.14. The molecule has 1 aromatic carbocycles. The minimum atomic E-state index is -0.00278. The maximum atomic E-state index is 12.1. The van der Waals surface area contributed by atoms with Crippen LogP contribution in [0.5, 0.6) is 0 Å². The first-order valence-corrected chi connectivity index (χ1v) is 8.02. The highest BCUT2D eigenvalue weighted by Crippen LogP contribution is 2.16. The maximum Gasteiger partial charge on any atom is 0.251 e. The molecule has 1 aromatic rings. The van der Waals surface area contributed by atoms with E-state index in [1.165, 1.54) is 25.8 Å². The van der Waals surface area contributed by atoms with E-state index >= 15 is 0 Å². The zero-order valence-corrected chi connectivity index (χ0v) is 13.0. The molecular formula is C17H27N3O. The summed E-state index contributed by atoms with van der Waals surface area (Å²) in [7, 11) is 0. The van der Waals surface area contributed by atoms with Gasteiger partial charge in [0.25, 0.3) is 5.91 Å². The highest BCUT2D eigenvalue weighted by atomic mass is 16.1. The predicted molar refractivity (Wildman–Crippen MR) is 86.2 cm³/mol. The molecular weight excluding hydrogens is 262 g/mol. The van der Waals surface area contributed by atoms with Crippen LogP contribution in [0.4, 0.5) is 0 Å². The third-order valence-corrected chi connectivity index (χ3v) is 4.27. The summed E-state index contributed by atoms with van der Waals surface area (Å²) in [5.41, 5.74) is 7.29. The number of likely N-dealkylation sites (tertiary alicyclic amines) is 1. The molecule has 1 heterocycles. The Balaban J connectivity index is 1.71. The Morgan fingerprint density at radius 2 is 2.29 bits per heavy atom. The lowest BCUT2D eigenvalue weighted by Crippen LogP contribution is -2.39. The number of nitrogens with zero attached hydrogens (tertiary/aromatic N) is 1. The summed E-state index contributed by atoms with van der Waals surface area (Å²) < 4.78 is 0. The van der Waals surface area contributed by atoms with Gasteiger partial charge in [-0.3, -0.25) is 4.79 Å². The molecule has 3 N–H and O–H groups in total. The lowest BCUT2D eigenvalue weighted by molar-refractivity contribution is 0.0949. The Hall–Kier alpha value is -1.39. The second-order valence-corrected chi connectivity index (χ2v) is 5.89. The number of benzene rings is 1. The highest BCUT2D eigenvalue weighted by molar-refractivity contribution is 5.94. The second kappa shape index (κ2) is 8.15. The Morgan fingerprint density at radius 3 is 3.05 bits per heavy atom. The number of hydrogen-bond acceptors (Lipinski definition) is 3. The van der Waals surface area contributed by atoms with Gasteiger partial charge in [-0.05, 0) is 50.4 Å². The molecule has 1 fully saturated rings. The van der Waals surface area contributed by atoms with Crippen molar-refractivity contribution in [3.05, 3.63) is 35.4 Å². The van der Waals surface area contributed by atoms with E-state index in [0.29, 0.717) is 18.2 Å². The van der Waals surface area contributed by atoms with Crippen LogP contribution in [-0.4, -0.2) is 36.5 Å². The molecule has 1 atom stereocenters. The molecule has 0 radical (unpaired) electrons. The average molecular weight is 289 g/mol. The summed E-state index contributed by atoms with van der Waals surface area (Å²) in [4.78, 5) is 14.6. The number of hydrogen-bond donors (Lipinski definition) is 2. The summed E-state index contributed by atoms with van der Waals surface area (Å²) >= 11 is 0. The van der Waals surface area contributed by atoms with Crippen LogP contribution in [0.2, 0.25) is 0 Å². The van der Waals surface area contributed by atoms with Crippen molar-refractivity contribution in [3.63, 3.8) is 0 Å². The summed E-state index contributed by atoms with van der Waals surface area (Å²) in [6.07, 6.45) is 4.97. The lowest BCUT2D eigenvalue weighted by Gasteiger charge is -2.33. The lowest BCUT2D eigenvalue weighted by atomic mass is 10.0. The van der Waals surface area contributed by atoms with Crippen LogP contribution in [0, 0.1) is 0 Å². The van der Waals surface area contributed by atoms with Crippen molar-refractivity contribution in [2.24, 2.45) is 5.73 Å². The minimum absolute atomic E-state index is 0.00278. The van der Waals surface area contributed by atoms with Crippen molar-refractivity contribution in [1.82, 2.24) is 10.2 Å². The molecule has 0 saturated carbocycles. The third kappa shape index (κ3) is 4.83. The normalized spacial score (nSPS) is 19.4. The van der Waals surface area contributed by atoms with Gasteiger partial charge in [0.15, 0.2) is 0 Å². The summed E-state index contributed by atoms with van der Waals surface area (Å²) in [6, 6.07) is 8.21. The first kappa shape index (κ1) is 16.0. The molecule has 0 spiro atoms. The van der Waals surface area contributed by atoms with Gasteiger partial charge in [-0.25, -0.2) is 0 Å². The summed E-state index contributed by atoms with van der Waals surface area (Å²) in [5, 5.41) is 3.00. The molecule has 1 aliphatic rings. The van der Waals surface area contributed by atoms with Crippen molar-refractivity contribution >= 4 is 5.91 Å². The maximum absolute atomic E-state index is 12.1. The summed E-state index contributed by atoms with van der Waals surface area (Å²) in [6.45, 7) is 5.77. The van der Waals surface area contributed by atoms with Crippen LogP contribution in [0.3, 0.4) is 0 Å². The van der Waals surface area contributed by atoms with Crippen LogP contribution in [0.15, 0.2) is 24.3 Å². The average Bonchev–Trinajstić information content (AvgIpc) is 2.53. The zero-order chi connectivity index (χ0) is 15.1. The van der Waals surface area contributed by atoms with Crippen molar-refractivity contribution in [2.75, 3.05) is 19.6 Å². The Bertz CT molecular complexity index is 461. The van der Waals surface area contributed by atoms with Crippen LogP contribution < -0.4 is 11.1 Å². The van der Waals surface area contributed by atoms with E-state index in [0.717, 1.165) is 25.1 Å². The number of nitrogens with two attached hydrogens (primary N) is 1. The fraction of sp³-hybridized carbons (Fsp3) is 0.588. The fourth-order valence-corrected chi connectivity index (χ4v) is 2.92. The number of piperidine rings is 1. The molecule has 4 nitrogen and oxygen atoms in total. The second-order valence-electron chi connectivity index (χ2n) is 5.89. The Labute approximate surface area is 127 Å². The van der Waals surface area contributed by atoms with Gasteiger partial charge in [-0.2, -0.15) is 0 Å². The largest absolute Gasteiger partial charge is 0.352 e. The molecule has 1 unspecified atom stereocenters. The molecule has 1 saturated heterocycles. The van der Waals surface area contributed by atoms with Crippen molar-refractivity contribution in [2.45, 2.75) is 45.2 Å². The van der Waals surface area contributed by atoms with Gasteiger partial charge in [0.1, 0.15) is 0 Å². The highest BCUT2D eigenvalue weighted by Gasteiger charge is 2.17. The number of carbonyl (C=O) groups excluding carboxylic acids is 1. The van der Waals surface area contributed by atoms with Gasteiger partial charge in [-0.1, -0.05) is 18.6 Å². The van der Waals surface area contributed by atoms with E-state index < -0.39 is 0 Å². The molecule has 2 rings (SSSR count). The summed E-state index contributed by atoms with van der Waals surface area (Å²) in [5.74, 6) is -0.00278. The smallest absolute Gasteiger partial charge is 0.251 e. The van der Waals surface area contributed by atoms with Crippen molar-refractivity contribution < 1.29 is 4.79 Å². The standard InChI is InChI=1S/C17H27N3O/c1-14-6-2-3-10-20(14)11-5-9-19-17(21)16-8-4-7-15(12-16)13-18/h4,7-8,12,14H,2-3,5-6,9-11,13,18H2,1H3,(H,19,21). The van der Waals surface area contributed by atoms with E-state index in [2.05, 4.69) is 17.1 Å². The van der Waals surface area contributed by atoms with Gasteiger partial charge in [0, 0.05) is 31.2 Å². The van der Waals surface area contributed by atoms with Gasteiger partial charge in [-0.15, -0.1) is 0 Å². The number of carbonyl (C=O) groups is 1. The number of nitrogens with one attached hydrogen (secondary N) is 1. The topological polar surface area (TPSA) is 58.4 Å². The molecule has 0 aromatic heterocycles. The monoisotopic (exact) mass is 289 g/mol. The van der Waals surface area contributed by atoms with E-state index in [-0.39, 0.29) is 5.91 Å². The third-order valence-electron chi connectivity index (χ3n) is 4.27. The van der Waals surface area contributed by atoms with Crippen molar-refractivity contribution in [1.29, 1.82) is 0 Å². The van der Waals surface area contributed by atoms with E-state index in [9.17, 15) is 4.79 Å². The minimum Gasteiger partial charge on any atom is -0.352 e. The number of amides is 1. The molecule has 21 heavy (non-hydrogen) atoms. The Kier molecular flexibility index (Phi) is 6.21. The van der Waals surface area contributed by atoms with Crippen LogP contribution >= 0.6 is 0 Å². The molecule has 116 valence electrons. The zero-order valence-electron chi connectivity index (χ0n) is 13.0. The molecule has 4 heteroatoms. The van der Waals surface area contributed by atoms with Gasteiger partial charge in [0.2, 0.25) is 0 Å². The van der Waals surface area contributed by atoms with Crippen molar-refractivity contribution in [3.8, 4) is 0 Å². The van der Waals surface area contributed by atoms with Gasteiger partial charge in [0.05, 0.1) is 0 Å². The molecule has 1 amide bonds. The quantitative estimate of drug-likeness (QED) is 0.789. The Morgan fingerprint density at radius 1 is 1.43 bits per heavy atom. The fourth-order valence-electron chi connectivity index (χ4n) is 2.92.